The Labute approximate surface area is 110 Å². The number of hydrogen-bond donors (Lipinski definition) is 1. The van der Waals surface area contributed by atoms with Crippen LogP contribution in [0.15, 0.2) is 12.1 Å². The molecule has 1 aliphatic heterocycles. The van der Waals surface area contributed by atoms with Crippen molar-refractivity contribution in [3.05, 3.63) is 28.8 Å². The monoisotopic (exact) mass is 245 g/mol. The van der Waals surface area contributed by atoms with E-state index in [1.165, 1.54) is 24.0 Å². The number of rotatable bonds is 0. The molecule has 0 bridgehead atoms. The third-order valence-corrected chi connectivity index (χ3v) is 5.06. The quantitative estimate of drug-likeness (QED) is 0.759. The fourth-order valence-corrected chi connectivity index (χ4v) is 3.94. The Morgan fingerprint density at radius 3 is 2.83 bits per heavy atom. The summed E-state index contributed by atoms with van der Waals surface area (Å²) in [6.45, 7) is 5.51. The Balaban J connectivity index is 2.12. The second-order valence-electron chi connectivity index (χ2n) is 6.22. The van der Waals surface area contributed by atoms with Crippen molar-refractivity contribution in [2.24, 2.45) is 5.92 Å². The molecule has 0 amide bonds. The Morgan fingerprint density at radius 1 is 1.28 bits per heavy atom. The summed E-state index contributed by atoms with van der Waals surface area (Å²) in [6.07, 6.45) is 3.73. The van der Waals surface area contributed by atoms with E-state index in [2.05, 4.69) is 24.9 Å². The van der Waals surface area contributed by atoms with Crippen LogP contribution in [0.4, 0.5) is 0 Å². The summed E-state index contributed by atoms with van der Waals surface area (Å²) >= 11 is 0. The van der Waals surface area contributed by atoms with Crippen molar-refractivity contribution in [2.75, 3.05) is 13.6 Å². The molecule has 1 aromatic carbocycles. The van der Waals surface area contributed by atoms with Gasteiger partial charge in [0.25, 0.3) is 0 Å². The molecule has 1 N–H and O–H groups in total. The lowest BCUT2D eigenvalue weighted by molar-refractivity contribution is 0.231. The lowest BCUT2D eigenvalue weighted by Gasteiger charge is -2.29. The van der Waals surface area contributed by atoms with Crippen molar-refractivity contribution in [1.82, 2.24) is 4.90 Å². The van der Waals surface area contributed by atoms with Gasteiger partial charge in [0, 0.05) is 18.5 Å². The van der Waals surface area contributed by atoms with Crippen LogP contribution in [-0.4, -0.2) is 29.6 Å². The molecule has 98 valence electrons. The Bertz CT molecular complexity index is 468. The molecule has 2 nitrogen and oxygen atoms in total. The molecule has 1 aliphatic carbocycles. The van der Waals surface area contributed by atoms with Crippen molar-refractivity contribution in [2.45, 2.75) is 45.1 Å². The van der Waals surface area contributed by atoms with E-state index < -0.39 is 0 Å². The van der Waals surface area contributed by atoms with Crippen LogP contribution in [-0.2, 0) is 6.42 Å². The number of phenolic OH excluding ortho intramolecular Hbond substituents is 1. The fraction of sp³-hybridized carbons (Fsp3) is 0.625. The molecule has 3 rings (SSSR count). The maximum atomic E-state index is 10.0. The molecule has 3 unspecified atom stereocenters. The van der Waals surface area contributed by atoms with Gasteiger partial charge in [0.05, 0.1) is 0 Å². The molecule has 0 aromatic heterocycles. The zero-order valence-corrected chi connectivity index (χ0v) is 11.6. The van der Waals surface area contributed by atoms with Gasteiger partial charge in [-0.1, -0.05) is 13.0 Å². The first-order valence-electron chi connectivity index (χ1n) is 7.10. The Hall–Kier alpha value is -1.02. The Kier molecular flexibility index (Phi) is 2.86. The second kappa shape index (κ2) is 4.27. The molecule has 3 atom stereocenters. The van der Waals surface area contributed by atoms with E-state index in [4.69, 9.17) is 0 Å². The topological polar surface area (TPSA) is 23.5 Å². The lowest BCUT2D eigenvalue weighted by atomic mass is 9.84. The maximum absolute atomic E-state index is 10.0. The summed E-state index contributed by atoms with van der Waals surface area (Å²) in [5, 5.41) is 10.0. The highest BCUT2D eigenvalue weighted by atomic mass is 16.3. The summed E-state index contributed by atoms with van der Waals surface area (Å²) < 4.78 is 0. The molecular weight excluding hydrogens is 222 g/mol. The number of benzene rings is 1. The third kappa shape index (κ3) is 1.74. The molecule has 1 fully saturated rings. The molecule has 1 aromatic rings. The highest BCUT2D eigenvalue weighted by molar-refractivity contribution is 5.45. The van der Waals surface area contributed by atoms with Crippen molar-refractivity contribution in [3.8, 4) is 5.75 Å². The van der Waals surface area contributed by atoms with Gasteiger partial charge in [-0.15, -0.1) is 0 Å². The van der Waals surface area contributed by atoms with Gasteiger partial charge in [-0.05, 0) is 61.9 Å². The summed E-state index contributed by atoms with van der Waals surface area (Å²) in [5.41, 5.74) is 3.89. The second-order valence-corrected chi connectivity index (χ2v) is 6.22. The highest BCUT2D eigenvalue weighted by Gasteiger charge is 2.39. The van der Waals surface area contributed by atoms with E-state index in [1.54, 1.807) is 0 Å². The molecule has 0 spiro atoms. The van der Waals surface area contributed by atoms with Gasteiger partial charge < -0.3 is 10.0 Å². The van der Waals surface area contributed by atoms with Crippen LogP contribution < -0.4 is 0 Å². The summed E-state index contributed by atoms with van der Waals surface area (Å²) in [6, 6.07) is 4.92. The number of fused-ring (bicyclic) bond motifs is 3. The predicted octanol–water partition coefficient (Wildman–Crippen LogP) is 3.07. The first-order chi connectivity index (χ1) is 8.58. The van der Waals surface area contributed by atoms with E-state index in [1.807, 2.05) is 13.0 Å². The van der Waals surface area contributed by atoms with E-state index in [9.17, 15) is 5.11 Å². The number of phenols is 1. The van der Waals surface area contributed by atoms with Crippen LogP contribution in [0.1, 0.15) is 42.4 Å². The SMILES string of the molecule is Cc1cc2c(cc1O)C1C(C)CCC1N(C)CC2. The first-order valence-corrected chi connectivity index (χ1v) is 7.10. The largest absolute Gasteiger partial charge is 0.508 e. The number of aromatic hydroxyl groups is 1. The zero-order chi connectivity index (χ0) is 12.9. The number of nitrogens with zero attached hydrogens (tertiary/aromatic N) is 1. The molecule has 1 heterocycles. The molecule has 1 saturated carbocycles. The molecule has 18 heavy (non-hydrogen) atoms. The normalized spacial score (nSPS) is 31.8. The van der Waals surface area contributed by atoms with E-state index in [0.29, 0.717) is 17.7 Å². The van der Waals surface area contributed by atoms with Crippen LogP contribution in [0.5, 0.6) is 5.75 Å². The molecule has 0 radical (unpaired) electrons. The van der Waals surface area contributed by atoms with Crippen LogP contribution >= 0.6 is 0 Å². The van der Waals surface area contributed by atoms with Gasteiger partial charge >= 0.3 is 0 Å². The summed E-state index contributed by atoms with van der Waals surface area (Å²) in [4.78, 5) is 2.53. The molecular formula is C16H23NO. The smallest absolute Gasteiger partial charge is 0.118 e. The minimum Gasteiger partial charge on any atom is -0.508 e. The number of hydrogen-bond acceptors (Lipinski definition) is 2. The fourth-order valence-electron chi connectivity index (χ4n) is 3.94. The average molecular weight is 245 g/mol. The van der Waals surface area contributed by atoms with Gasteiger partial charge in [0.1, 0.15) is 5.75 Å². The molecule has 2 aliphatic rings. The summed E-state index contributed by atoms with van der Waals surface area (Å²) in [5.74, 6) is 1.81. The number of likely N-dealkylation sites (N-methyl/N-ethyl adjacent to an activating group) is 1. The maximum Gasteiger partial charge on any atom is 0.118 e. The van der Waals surface area contributed by atoms with Crippen LogP contribution in [0.3, 0.4) is 0 Å². The van der Waals surface area contributed by atoms with Gasteiger partial charge in [-0.3, -0.25) is 0 Å². The van der Waals surface area contributed by atoms with Crippen molar-refractivity contribution < 1.29 is 5.11 Å². The van der Waals surface area contributed by atoms with E-state index >= 15 is 0 Å². The first kappa shape index (κ1) is 12.0. The van der Waals surface area contributed by atoms with Crippen molar-refractivity contribution >= 4 is 0 Å². The minimum absolute atomic E-state index is 0.469. The minimum atomic E-state index is 0.469. The van der Waals surface area contributed by atoms with Crippen LogP contribution in [0.25, 0.3) is 0 Å². The Morgan fingerprint density at radius 2 is 2.06 bits per heavy atom. The highest BCUT2D eigenvalue weighted by Crippen LogP contribution is 2.45. The van der Waals surface area contributed by atoms with Crippen LogP contribution in [0.2, 0.25) is 0 Å². The molecule has 0 saturated heterocycles. The zero-order valence-electron chi connectivity index (χ0n) is 11.6. The van der Waals surface area contributed by atoms with Crippen molar-refractivity contribution in [3.63, 3.8) is 0 Å². The van der Waals surface area contributed by atoms with Crippen molar-refractivity contribution in [1.29, 1.82) is 0 Å². The third-order valence-electron chi connectivity index (χ3n) is 5.06. The van der Waals surface area contributed by atoms with Gasteiger partial charge in [-0.25, -0.2) is 0 Å². The van der Waals surface area contributed by atoms with Gasteiger partial charge in [0.2, 0.25) is 0 Å². The van der Waals surface area contributed by atoms with E-state index in [0.717, 1.165) is 24.4 Å². The van der Waals surface area contributed by atoms with E-state index in [-0.39, 0.29) is 0 Å². The standard InChI is InChI=1S/C16H23NO/c1-10-4-5-14-16(10)13-9-15(18)11(2)8-12(13)6-7-17(14)3/h8-10,14,16,18H,4-7H2,1-3H3. The lowest BCUT2D eigenvalue weighted by Crippen LogP contribution is -2.33. The van der Waals surface area contributed by atoms with Crippen LogP contribution in [0, 0.1) is 12.8 Å². The summed E-state index contributed by atoms with van der Waals surface area (Å²) in [7, 11) is 2.26. The predicted molar refractivity (Wildman–Crippen MR) is 74.1 cm³/mol. The van der Waals surface area contributed by atoms with Gasteiger partial charge in [0.15, 0.2) is 0 Å². The number of aryl methyl sites for hydroxylation is 1. The van der Waals surface area contributed by atoms with Gasteiger partial charge in [-0.2, -0.15) is 0 Å². The average Bonchev–Trinajstić information content (AvgIpc) is 2.65. The molecule has 2 heteroatoms.